The van der Waals surface area contributed by atoms with Gasteiger partial charge in [-0.25, -0.2) is 0 Å². The first-order chi connectivity index (χ1) is 32.3. The summed E-state index contributed by atoms with van der Waals surface area (Å²) in [6.45, 7) is -0.431. The minimum Gasteiger partial charge on any atom is -0.354 e. The molecular weight excluding hydrogens is 976 g/mol. The Kier molecular flexibility index (Phi) is 11.8. The second kappa shape index (κ2) is 17.3. The van der Waals surface area contributed by atoms with Gasteiger partial charge in [-0.3, -0.25) is 0 Å². The SMILES string of the molecule is FC(F)(F)c1c2[nH]c(c1C(F)(F)F)/C(c1ccccc1)=c1/cc/c([nH]1)=C(\c1ccccc1)c1c(C(F)(F)F)c(C(F)(F)F)c(n1CCCBr)/C(c1ccccc1)=c1/cc/c([nH]1)=C/2c1ccccc1. The van der Waals surface area contributed by atoms with Gasteiger partial charge in [-0.15, -0.1) is 0 Å². The van der Waals surface area contributed by atoms with Crippen molar-refractivity contribution in [2.75, 3.05) is 5.33 Å². The van der Waals surface area contributed by atoms with Gasteiger partial charge in [0.2, 0.25) is 0 Å². The summed E-state index contributed by atoms with van der Waals surface area (Å²) in [5.41, 5.74) is -14.0. The number of halogens is 13. The highest BCUT2D eigenvalue weighted by Crippen LogP contribution is 2.51. The number of aromatic amines is 3. The van der Waals surface area contributed by atoms with E-state index < -0.39 is 98.6 Å². The van der Waals surface area contributed by atoms with E-state index in [0.29, 0.717) is 0 Å². The highest BCUT2D eigenvalue weighted by molar-refractivity contribution is 9.09. The molecule has 0 amide bonds. The molecule has 17 heteroatoms. The zero-order chi connectivity index (χ0) is 48.3. The van der Waals surface area contributed by atoms with E-state index in [1.165, 1.54) is 146 Å². The normalized spacial score (nSPS) is 16.9. The number of nitrogens with zero attached hydrogens (tertiary/aromatic N) is 1. The Balaban J connectivity index is 1.68. The van der Waals surface area contributed by atoms with Crippen molar-refractivity contribution in [3.63, 3.8) is 0 Å². The maximum atomic E-state index is 16.1. The molecule has 3 N–H and O–H groups in total. The van der Waals surface area contributed by atoms with Gasteiger partial charge in [0, 0.05) is 55.6 Å². The summed E-state index contributed by atoms with van der Waals surface area (Å²) in [4.78, 5) is 8.34. The highest BCUT2D eigenvalue weighted by Gasteiger charge is 2.52. The average Bonchev–Trinajstić information content (AvgIpc) is 4.11. The number of H-pyrrole nitrogens is 3. The first-order valence-electron chi connectivity index (χ1n) is 20.8. The van der Waals surface area contributed by atoms with Crippen LogP contribution in [0.25, 0.3) is 22.3 Å². The summed E-state index contributed by atoms with van der Waals surface area (Å²) in [7, 11) is 0. The van der Waals surface area contributed by atoms with Gasteiger partial charge in [-0.2, -0.15) is 52.7 Å². The molecule has 4 aromatic carbocycles. The van der Waals surface area contributed by atoms with Gasteiger partial charge in [-0.05, 0) is 52.9 Å². The minimum absolute atomic E-state index is 0.00560. The van der Waals surface area contributed by atoms with Crippen molar-refractivity contribution < 1.29 is 52.7 Å². The molecule has 0 saturated carbocycles. The topological polar surface area (TPSA) is 52.3 Å². The molecule has 0 saturated heterocycles. The first kappa shape index (κ1) is 46.2. The molecule has 0 spiro atoms. The predicted molar refractivity (Wildman–Crippen MR) is 236 cm³/mol. The van der Waals surface area contributed by atoms with Crippen LogP contribution in [0.4, 0.5) is 52.7 Å². The van der Waals surface area contributed by atoms with E-state index in [-0.39, 0.29) is 55.4 Å². The van der Waals surface area contributed by atoms with Crippen molar-refractivity contribution in [1.29, 1.82) is 0 Å². The molecule has 4 nitrogen and oxygen atoms in total. The van der Waals surface area contributed by atoms with E-state index in [0.717, 1.165) is 4.57 Å². The van der Waals surface area contributed by atoms with Crippen LogP contribution in [0.5, 0.6) is 0 Å². The molecule has 1 aliphatic rings. The van der Waals surface area contributed by atoms with Crippen LogP contribution in [0, 0.1) is 0 Å². The fraction of sp³-hybridized carbons (Fsp3) is 0.137. The summed E-state index contributed by atoms with van der Waals surface area (Å²) in [6, 6.07) is 33.3. The molecule has 0 aliphatic carbocycles. The predicted octanol–water partition coefficient (Wildman–Crippen LogP) is 11.6. The summed E-state index contributed by atoms with van der Waals surface area (Å²) in [5, 5.41) is -1.04. The van der Waals surface area contributed by atoms with Crippen molar-refractivity contribution >= 4 is 38.2 Å². The molecule has 5 heterocycles. The number of hydrogen-bond acceptors (Lipinski definition) is 0. The van der Waals surface area contributed by atoms with Gasteiger partial charge in [0.1, 0.15) is 0 Å². The Morgan fingerprint density at radius 1 is 0.353 bits per heavy atom. The molecule has 4 aromatic heterocycles. The lowest BCUT2D eigenvalue weighted by atomic mass is 9.94. The third-order valence-electron chi connectivity index (χ3n) is 11.6. The molecular formula is C51H33BrF12N4. The molecule has 1 aliphatic heterocycles. The van der Waals surface area contributed by atoms with E-state index in [1.807, 2.05) is 0 Å². The number of benzene rings is 4. The number of fused-ring (bicyclic) bond motifs is 8. The molecule has 0 fully saturated rings. The summed E-state index contributed by atoms with van der Waals surface area (Å²) in [5.74, 6) is 0. The van der Waals surface area contributed by atoms with Crippen LogP contribution in [-0.2, 0) is 31.2 Å². The Labute approximate surface area is 386 Å². The zero-order valence-corrected chi connectivity index (χ0v) is 36.4. The number of rotatable bonds is 7. The largest absolute Gasteiger partial charge is 0.419 e. The van der Waals surface area contributed by atoms with E-state index in [1.54, 1.807) is 0 Å². The Bertz CT molecular complexity index is 3190. The van der Waals surface area contributed by atoms with Crippen LogP contribution in [-0.4, -0.2) is 24.8 Å². The van der Waals surface area contributed by atoms with Crippen LogP contribution in [0.1, 0.15) is 73.7 Å². The van der Waals surface area contributed by atoms with Crippen molar-refractivity contribution in [3.05, 3.63) is 234 Å². The first-order valence-corrected chi connectivity index (χ1v) is 21.9. The van der Waals surface area contributed by atoms with Gasteiger partial charge in [-0.1, -0.05) is 137 Å². The maximum absolute atomic E-state index is 16.1. The van der Waals surface area contributed by atoms with Crippen LogP contribution in [0.2, 0.25) is 0 Å². The summed E-state index contributed by atoms with van der Waals surface area (Å²) >= 11 is 3.30. The molecule has 8 aromatic rings. The zero-order valence-electron chi connectivity index (χ0n) is 34.8. The van der Waals surface area contributed by atoms with Gasteiger partial charge >= 0.3 is 24.7 Å². The van der Waals surface area contributed by atoms with E-state index in [2.05, 4.69) is 30.9 Å². The number of aromatic nitrogens is 4. The monoisotopic (exact) mass is 1010 g/mol. The van der Waals surface area contributed by atoms with E-state index in [4.69, 9.17) is 0 Å². The van der Waals surface area contributed by atoms with Crippen molar-refractivity contribution in [2.24, 2.45) is 0 Å². The quantitative estimate of drug-likeness (QED) is 0.105. The summed E-state index contributed by atoms with van der Waals surface area (Å²) < 4.78 is 192. The molecule has 9 rings (SSSR count). The average molecular weight is 1010 g/mol. The third kappa shape index (κ3) is 8.30. The van der Waals surface area contributed by atoms with Crippen molar-refractivity contribution in [1.82, 2.24) is 19.5 Å². The molecule has 348 valence electrons. The number of hydrogen-bond donors (Lipinski definition) is 3. The fourth-order valence-electron chi connectivity index (χ4n) is 9.08. The van der Waals surface area contributed by atoms with Crippen LogP contribution >= 0.6 is 15.9 Å². The van der Waals surface area contributed by atoms with Gasteiger partial charge < -0.3 is 19.5 Å². The summed E-state index contributed by atoms with van der Waals surface area (Å²) in [6.07, 6.45) is -22.8. The second-order valence-electron chi connectivity index (χ2n) is 15.8. The number of alkyl halides is 13. The molecule has 0 unspecified atom stereocenters. The van der Waals surface area contributed by atoms with E-state index in [9.17, 15) is 0 Å². The van der Waals surface area contributed by atoms with E-state index >= 15 is 52.7 Å². The van der Waals surface area contributed by atoms with Crippen LogP contribution < -0.4 is 21.4 Å². The maximum Gasteiger partial charge on any atom is 0.419 e. The lowest BCUT2D eigenvalue weighted by Gasteiger charge is -2.19. The van der Waals surface area contributed by atoms with Gasteiger partial charge in [0.05, 0.1) is 45.0 Å². The molecule has 0 atom stereocenters. The molecule has 0 radical (unpaired) electrons. The van der Waals surface area contributed by atoms with Crippen LogP contribution in [0.15, 0.2) is 146 Å². The van der Waals surface area contributed by atoms with Gasteiger partial charge in [0.25, 0.3) is 0 Å². The van der Waals surface area contributed by atoms with Crippen molar-refractivity contribution in [2.45, 2.75) is 37.7 Å². The Morgan fingerprint density at radius 2 is 0.632 bits per heavy atom. The Morgan fingerprint density at radius 3 is 0.912 bits per heavy atom. The standard InChI is InChI=1S/C51H33BrF12N4/c52-26-13-27-68-46-38(30-18-9-3-10-19-30)34-24-22-32(65-34)36(28-14-5-1-6-15-28)44-40(48(53,54)55)41(49(56,57)58)45(67-44)37(29-16-7-2-8-17-29)33-23-25-35(66-33)39(31-20-11-4-12-21-31)47(68)43(51(62,63)64)42(46)50(59,60)61/h1-12,14-25,65-67H,13,26-27H2/b36-32-,37-33-,38-34-,39-35-,44-36?,45-37?,46-38?,47-39?. The smallest absolute Gasteiger partial charge is 0.354 e. The third-order valence-corrected chi connectivity index (χ3v) is 12.1. The van der Waals surface area contributed by atoms with Crippen LogP contribution in [0.3, 0.4) is 0 Å². The lowest BCUT2D eigenvalue weighted by molar-refractivity contribution is -0.161. The fourth-order valence-corrected chi connectivity index (χ4v) is 9.33. The highest BCUT2D eigenvalue weighted by atomic mass is 79.9. The number of nitrogens with one attached hydrogen (secondary N) is 3. The van der Waals surface area contributed by atoms with Gasteiger partial charge in [0.15, 0.2) is 0 Å². The minimum atomic E-state index is -5.69. The lowest BCUT2D eigenvalue weighted by Crippen LogP contribution is -2.22. The second-order valence-corrected chi connectivity index (χ2v) is 16.6. The Hall–Kier alpha value is -6.88. The molecule has 68 heavy (non-hydrogen) atoms. The van der Waals surface area contributed by atoms with Crippen molar-refractivity contribution in [3.8, 4) is 0 Å². The molecule has 8 bridgehead atoms.